The van der Waals surface area contributed by atoms with E-state index in [9.17, 15) is 0 Å². The Bertz CT molecular complexity index is 283. The molecular weight excluding hydrogens is 184 g/mol. The van der Waals surface area contributed by atoms with E-state index in [0.29, 0.717) is 0 Å². The molecule has 1 aromatic rings. The average molecular weight is 204 g/mol. The molecule has 0 N–H and O–H groups in total. The fraction of sp³-hybridized carbons (Fsp3) is 0.385. The summed E-state index contributed by atoms with van der Waals surface area (Å²) >= 11 is 0. The second kappa shape index (κ2) is 9.13. The molecule has 0 fully saturated rings. The Labute approximate surface area is 92.8 Å². The van der Waals surface area contributed by atoms with Gasteiger partial charge in [-0.2, -0.15) is 0 Å². The Hall–Kier alpha value is -1.44. The highest BCUT2D eigenvalue weighted by atomic mass is 14.8. The van der Waals surface area contributed by atoms with Crippen LogP contribution in [-0.2, 0) is 0 Å². The molecule has 15 heavy (non-hydrogen) atoms. The molecule has 2 rings (SSSR count). The summed E-state index contributed by atoms with van der Waals surface area (Å²) in [5.41, 5.74) is 1.92. The average Bonchev–Trinajstić information content (AvgIpc) is 2.59. The lowest BCUT2D eigenvalue weighted by Gasteiger charge is -1.94. The van der Waals surface area contributed by atoms with E-state index in [1.807, 2.05) is 64.4 Å². The number of nitrogens with zero attached hydrogens (tertiary/aromatic N) is 2. The molecule has 0 bridgehead atoms. The molecule has 0 atom stereocenters. The molecule has 0 amide bonds. The Morgan fingerprint density at radius 1 is 0.800 bits per heavy atom. The van der Waals surface area contributed by atoms with Crippen molar-refractivity contribution in [3.63, 3.8) is 0 Å². The summed E-state index contributed by atoms with van der Waals surface area (Å²) in [5.74, 6) is 0. The van der Waals surface area contributed by atoms with Crippen LogP contribution in [0.4, 0.5) is 11.4 Å². The van der Waals surface area contributed by atoms with Gasteiger partial charge in [0.15, 0.2) is 0 Å². The predicted molar refractivity (Wildman–Crippen MR) is 70.1 cm³/mol. The maximum atomic E-state index is 4.24. The SMILES string of the molecule is C1=Nc2ccccc2N=CC1.CC.CC. The number of benzene rings is 1. The second-order valence-corrected chi connectivity index (χ2v) is 2.35. The molecule has 0 saturated heterocycles. The molecule has 0 aliphatic carbocycles. The van der Waals surface area contributed by atoms with Gasteiger partial charge in [0.25, 0.3) is 0 Å². The van der Waals surface area contributed by atoms with E-state index in [2.05, 4.69) is 9.98 Å². The van der Waals surface area contributed by atoms with Crippen molar-refractivity contribution in [3.05, 3.63) is 24.3 Å². The molecule has 0 spiro atoms. The van der Waals surface area contributed by atoms with Gasteiger partial charge in [-0.1, -0.05) is 39.8 Å². The van der Waals surface area contributed by atoms with Crippen molar-refractivity contribution in [2.24, 2.45) is 9.98 Å². The normalized spacial score (nSPS) is 11.2. The summed E-state index contributed by atoms with van der Waals surface area (Å²) in [6.45, 7) is 8.00. The van der Waals surface area contributed by atoms with E-state index in [-0.39, 0.29) is 0 Å². The third-order valence-electron chi connectivity index (χ3n) is 1.55. The maximum Gasteiger partial charge on any atom is 0.0882 e. The van der Waals surface area contributed by atoms with Gasteiger partial charge in [-0.05, 0) is 12.1 Å². The van der Waals surface area contributed by atoms with Crippen LogP contribution in [0.2, 0.25) is 0 Å². The lowest BCUT2D eigenvalue weighted by Crippen LogP contribution is -1.70. The highest BCUT2D eigenvalue weighted by molar-refractivity contribution is 5.87. The highest BCUT2D eigenvalue weighted by Crippen LogP contribution is 2.27. The highest BCUT2D eigenvalue weighted by Gasteiger charge is 1.97. The minimum atomic E-state index is 0.828. The van der Waals surface area contributed by atoms with E-state index in [0.717, 1.165) is 17.8 Å². The molecule has 0 unspecified atom stereocenters. The zero-order valence-electron chi connectivity index (χ0n) is 10.1. The monoisotopic (exact) mass is 204 g/mol. The molecule has 1 aliphatic heterocycles. The van der Waals surface area contributed by atoms with E-state index in [4.69, 9.17) is 0 Å². The van der Waals surface area contributed by atoms with Gasteiger partial charge in [0.05, 0.1) is 11.4 Å². The Balaban J connectivity index is 0.000000442. The molecule has 0 saturated carbocycles. The molecule has 82 valence electrons. The maximum absolute atomic E-state index is 4.24. The molecule has 1 aliphatic rings. The van der Waals surface area contributed by atoms with Crippen LogP contribution < -0.4 is 0 Å². The van der Waals surface area contributed by atoms with Gasteiger partial charge in [-0.25, -0.2) is 0 Å². The molecule has 1 heterocycles. The van der Waals surface area contributed by atoms with Crippen LogP contribution in [0.3, 0.4) is 0 Å². The topological polar surface area (TPSA) is 24.7 Å². The number of hydrogen-bond acceptors (Lipinski definition) is 2. The quantitative estimate of drug-likeness (QED) is 0.592. The smallest absolute Gasteiger partial charge is 0.0882 e. The van der Waals surface area contributed by atoms with Crippen molar-refractivity contribution >= 4 is 23.8 Å². The zero-order chi connectivity index (χ0) is 11.5. The number of aliphatic imine (C=N–C) groups is 2. The molecule has 0 radical (unpaired) electrons. The molecule has 2 heteroatoms. The predicted octanol–water partition coefficient (Wildman–Crippen LogP) is 4.55. The van der Waals surface area contributed by atoms with Crippen molar-refractivity contribution in [1.82, 2.24) is 0 Å². The molecule has 1 aromatic carbocycles. The van der Waals surface area contributed by atoms with Gasteiger partial charge in [0.2, 0.25) is 0 Å². The fourth-order valence-corrected chi connectivity index (χ4v) is 1.03. The Morgan fingerprint density at radius 3 is 1.60 bits per heavy atom. The first-order chi connectivity index (χ1) is 7.47. The lowest BCUT2D eigenvalue weighted by molar-refractivity contribution is 1.48. The van der Waals surface area contributed by atoms with Gasteiger partial charge in [0, 0.05) is 18.9 Å². The van der Waals surface area contributed by atoms with Crippen molar-refractivity contribution < 1.29 is 0 Å². The van der Waals surface area contributed by atoms with Gasteiger partial charge in [-0.15, -0.1) is 0 Å². The van der Waals surface area contributed by atoms with Gasteiger partial charge < -0.3 is 0 Å². The zero-order valence-corrected chi connectivity index (χ0v) is 10.1. The third kappa shape index (κ3) is 4.54. The van der Waals surface area contributed by atoms with Gasteiger partial charge >= 0.3 is 0 Å². The van der Waals surface area contributed by atoms with E-state index < -0.39 is 0 Å². The van der Waals surface area contributed by atoms with Crippen molar-refractivity contribution in [3.8, 4) is 0 Å². The number of hydrogen-bond donors (Lipinski definition) is 0. The van der Waals surface area contributed by atoms with Gasteiger partial charge in [0.1, 0.15) is 0 Å². The van der Waals surface area contributed by atoms with Crippen molar-refractivity contribution in [1.29, 1.82) is 0 Å². The van der Waals surface area contributed by atoms with Crippen molar-refractivity contribution in [2.45, 2.75) is 34.1 Å². The Morgan fingerprint density at radius 2 is 1.20 bits per heavy atom. The van der Waals surface area contributed by atoms with E-state index in [1.54, 1.807) is 0 Å². The minimum absolute atomic E-state index is 0.828. The largest absolute Gasteiger partial charge is 0.259 e. The van der Waals surface area contributed by atoms with Crippen LogP contribution in [0.5, 0.6) is 0 Å². The van der Waals surface area contributed by atoms with Crippen LogP contribution in [0.1, 0.15) is 34.1 Å². The first-order valence-electron chi connectivity index (χ1n) is 5.61. The molecule has 2 nitrogen and oxygen atoms in total. The minimum Gasteiger partial charge on any atom is -0.259 e. The van der Waals surface area contributed by atoms with Crippen LogP contribution in [-0.4, -0.2) is 12.4 Å². The lowest BCUT2D eigenvalue weighted by atomic mass is 10.3. The molecular formula is C13H20N2. The van der Waals surface area contributed by atoms with Gasteiger partial charge in [-0.3, -0.25) is 9.98 Å². The van der Waals surface area contributed by atoms with Crippen LogP contribution in [0.15, 0.2) is 34.3 Å². The fourth-order valence-electron chi connectivity index (χ4n) is 1.03. The summed E-state index contributed by atoms with van der Waals surface area (Å²) in [6, 6.07) is 7.87. The Kier molecular flexibility index (Phi) is 8.25. The number of fused-ring (bicyclic) bond motifs is 1. The van der Waals surface area contributed by atoms with E-state index in [1.165, 1.54) is 0 Å². The summed E-state index contributed by atoms with van der Waals surface area (Å²) in [7, 11) is 0. The second-order valence-electron chi connectivity index (χ2n) is 2.35. The third-order valence-corrected chi connectivity index (χ3v) is 1.55. The summed E-state index contributed by atoms with van der Waals surface area (Å²) < 4.78 is 0. The summed E-state index contributed by atoms with van der Waals surface area (Å²) in [6.07, 6.45) is 4.57. The van der Waals surface area contributed by atoms with Crippen molar-refractivity contribution in [2.75, 3.05) is 0 Å². The van der Waals surface area contributed by atoms with Crippen LogP contribution >= 0.6 is 0 Å². The number of para-hydroxylation sites is 2. The standard InChI is InChI=1S/C9H8N2.2C2H6/c1-2-5-9-8(4-1)10-6-3-7-11-9;2*1-2/h1-2,4-7H,3H2;2*1-2H3. The first kappa shape index (κ1) is 13.6. The summed E-state index contributed by atoms with van der Waals surface area (Å²) in [5, 5.41) is 0. The number of rotatable bonds is 0. The van der Waals surface area contributed by atoms with Crippen LogP contribution in [0, 0.1) is 0 Å². The summed E-state index contributed by atoms with van der Waals surface area (Å²) in [4.78, 5) is 8.47. The van der Waals surface area contributed by atoms with E-state index >= 15 is 0 Å². The van der Waals surface area contributed by atoms with Crippen LogP contribution in [0.25, 0.3) is 0 Å². The first-order valence-corrected chi connectivity index (χ1v) is 5.61. The molecule has 0 aromatic heterocycles.